The predicted octanol–water partition coefficient (Wildman–Crippen LogP) is 2.79. The molecule has 1 aliphatic heterocycles. The molecule has 0 saturated carbocycles. The molecular formula is C11H13N3OS. The van der Waals surface area contributed by atoms with Crippen LogP contribution in [0.1, 0.15) is 19.3 Å². The van der Waals surface area contributed by atoms with Gasteiger partial charge in [0.05, 0.1) is 4.88 Å². The molecule has 0 aliphatic carbocycles. The fourth-order valence-corrected chi connectivity index (χ4v) is 2.58. The van der Waals surface area contributed by atoms with Gasteiger partial charge in [0.25, 0.3) is 0 Å². The third kappa shape index (κ3) is 1.82. The molecule has 5 heteroatoms. The highest BCUT2D eigenvalue weighted by Crippen LogP contribution is 2.25. The van der Waals surface area contributed by atoms with Gasteiger partial charge in [-0.25, -0.2) is 0 Å². The van der Waals surface area contributed by atoms with E-state index in [0.717, 1.165) is 18.0 Å². The zero-order valence-electron chi connectivity index (χ0n) is 8.93. The summed E-state index contributed by atoms with van der Waals surface area (Å²) in [5.74, 6) is 0.704. The maximum absolute atomic E-state index is 5.30. The Kier molecular flexibility index (Phi) is 2.61. The van der Waals surface area contributed by atoms with E-state index in [1.807, 2.05) is 17.5 Å². The van der Waals surface area contributed by atoms with E-state index in [2.05, 4.69) is 15.0 Å². The van der Waals surface area contributed by atoms with E-state index in [1.165, 1.54) is 19.3 Å². The third-order valence-electron chi connectivity index (χ3n) is 2.78. The SMILES string of the molecule is c1csc(-c2noc(N3CCCCC3)n2)c1. The Bertz CT molecular complexity index is 446. The molecule has 2 aromatic rings. The molecule has 16 heavy (non-hydrogen) atoms. The quantitative estimate of drug-likeness (QED) is 0.802. The molecule has 0 radical (unpaired) electrons. The molecule has 3 rings (SSSR count). The standard InChI is InChI=1S/C11H13N3OS/c1-2-6-14(7-3-1)11-12-10(13-15-11)9-5-4-8-16-9/h4-5,8H,1-3,6-7H2. The van der Waals surface area contributed by atoms with Crippen LogP contribution in [0.5, 0.6) is 0 Å². The van der Waals surface area contributed by atoms with E-state index >= 15 is 0 Å². The van der Waals surface area contributed by atoms with Gasteiger partial charge in [-0.3, -0.25) is 0 Å². The topological polar surface area (TPSA) is 42.2 Å². The monoisotopic (exact) mass is 235 g/mol. The molecule has 1 saturated heterocycles. The molecule has 0 spiro atoms. The molecule has 3 heterocycles. The van der Waals surface area contributed by atoms with Crippen LogP contribution in [0, 0.1) is 0 Å². The van der Waals surface area contributed by atoms with Gasteiger partial charge in [0.2, 0.25) is 5.82 Å². The zero-order valence-corrected chi connectivity index (χ0v) is 9.74. The van der Waals surface area contributed by atoms with Gasteiger partial charge in [-0.2, -0.15) is 4.98 Å². The highest BCUT2D eigenvalue weighted by atomic mass is 32.1. The van der Waals surface area contributed by atoms with Gasteiger partial charge < -0.3 is 9.42 Å². The van der Waals surface area contributed by atoms with Crippen molar-refractivity contribution in [2.24, 2.45) is 0 Å². The van der Waals surface area contributed by atoms with E-state index in [0.29, 0.717) is 11.8 Å². The summed E-state index contributed by atoms with van der Waals surface area (Å²) in [6.45, 7) is 2.07. The number of hydrogen-bond donors (Lipinski definition) is 0. The Morgan fingerprint density at radius 3 is 2.88 bits per heavy atom. The van der Waals surface area contributed by atoms with E-state index < -0.39 is 0 Å². The number of piperidine rings is 1. The first-order valence-electron chi connectivity index (χ1n) is 5.56. The first-order valence-corrected chi connectivity index (χ1v) is 6.44. The van der Waals surface area contributed by atoms with Crippen molar-refractivity contribution >= 4 is 17.4 Å². The van der Waals surface area contributed by atoms with Crippen LogP contribution >= 0.6 is 11.3 Å². The van der Waals surface area contributed by atoms with E-state index in [-0.39, 0.29) is 0 Å². The lowest BCUT2D eigenvalue weighted by Crippen LogP contribution is -2.29. The van der Waals surface area contributed by atoms with Crippen molar-refractivity contribution in [2.45, 2.75) is 19.3 Å². The molecule has 1 aliphatic rings. The summed E-state index contributed by atoms with van der Waals surface area (Å²) in [5.41, 5.74) is 0. The van der Waals surface area contributed by atoms with Crippen LogP contribution in [-0.2, 0) is 0 Å². The van der Waals surface area contributed by atoms with Gasteiger partial charge in [-0.1, -0.05) is 11.2 Å². The Morgan fingerprint density at radius 1 is 1.25 bits per heavy atom. The summed E-state index contributed by atoms with van der Waals surface area (Å²) in [6, 6.07) is 4.68. The molecule has 0 aromatic carbocycles. The van der Waals surface area contributed by atoms with Crippen LogP contribution < -0.4 is 4.90 Å². The number of thiophene rings is 1. The fourth-order valence-electron chi connectivity index (χ4n) is 1.93. The van der Waals surface area contributed by atoms with Gasteiger partial charge in [0, 0.05) is 13.1 Å². The minimum absolute atomic E-state index is 0.670. The summed E-state index contributed by atoms with van der Waals surface area (Å²) in [6.07, 6.45) is 3.75. The van der Waals surface area contributed by atoms with Gasteiger partial charge >= 0.3 is 6.01 Å². The summed E-state index contributed by atoms with van der Waals surface area (Å²) in [4.78, 5) is 7.67. The van der Waals surface area contributed by atoms with Crippen LogP contribution in [0.15, 0.2) is 22.0 Å². The summed E-state index contributed by atoms with van der Waals surface area (Å²) >= 11 is 1.63. The summed E-state index contributed by atoms with van der Waals surface area (Å²) in [7, 11) is 0. The van der Waals surface area contributed by atoms with Crippen LogP contribution in [0.3, 0.4) is 0 Å². The molecule has 0 atom stereocenters. The van der Waals surface area contributed by atoms with Crippen LogP contribution in [0.25, 0.3) is 10.7 Å². The average Bonchev–Trinajstić information content (AvgIpc) is 3.01. The van der Waals surface area contributed by atoms with Gasteiger partial charge in [0.1, 0.15) is 0 Å². The number of hydrogen-bond acceptors (Lipinski definition) is 5. The Balaban J connectivity index is 1.82. The highest BCUT2D eigenvalue weighted by molar-refractivity contribution is 7.13. The van der Waals surface area contributed by atoms with Gasteiger partial charge in [0.15, 0.2) is 0 Å². The molecule has 0 N–H and O–H groups in total. The van der Waals surface area contributed by atoms with E-state index in [4.69, 9.17) is 4.52 Å². The molecule has 0 unspecified atom stereocenters. The lowest BCUT2D eigenvalue weighted by molar-refractivity contribution is 0.403. The van der Waals surface area contributed by atoms with Crippen molar-refractivity contribution in [3.8, 4) is 10.7 Å². The van der Waals surface area contributed by atoms with Crippen LogP contribution in [0.2, 0.25) is 0 Å². The molecular weight excluding hydrogens is 222 g/mol. The fraction of sp³-hybridized carbons (Fsp3) is 0.455. The van der Waals surface area contributed by atoms with Crippen LogP contribution in [0.4, 0.5) is 6.01 Å². The maximum Gasteiger partial charge on any atom is 0.324 e. The minimum atomic E-state index is 0.670. The smallest absolute Gasteiger partial charge is 0.324 e. The highest BCUT2D eigenvalue weighted by Gasteiger charge is 2.17. The Hall–Kier alpha value is -1.36. The molecule has 2 aromatic heterocycles. The van der Waals surface area contributed by atoms with Crippen molar-refractivity contribution in [1.29, 1.82) is 0 Å². The normalized spacial score (nSPS) is 16.6. The number of nitrogens with zero attached hydrogens (tertiary/aromatic N) is 3. The van der Waals surface area contributed by atoms with E-state index in [1.54, 1.807) is 11.3 Å². The second-order valence-corrected chi connectivity index (χ2v) is 4.87. The third-order valence-corrected chi connectivity index (χ3v) is 3.65. The number of aromatic nitrogens is 2. The largest absolute Gasteiger partial charge is 0.324 e. The average molecular weight is 235 g/mol. The lowest BCUT2D eigenvalue weighted by Gasteiger charge is -2.23. The molecule has 4 nitrogen and oxygen atoms in total. The lowest BCUT2D eigenvalue weighted by atomic mass is 10.1. The second kappa shape index (κ2) is 4.25. The number of anilines is 1. The van der Waals surface area contributed by atoms with E-state index in [9.17, 15) is 0 Å². The van der Waals surface area contributed by atoms with Crippen molar-refractivity contribution in [1.82, 2.24) is 10.1 Å². The van der Waals surface area contributed by atoms with Crippen molar-refractivity contribution in [3.05, 3.63) is 17.5 Å². The Morgan fingerprint density at radius 2 is 2.12 bits per heavy atom. The van der Waals surface area contributed by atoms with Gasteiger partial charge in [-0.05, 0) is 30.7 Å². The molecule has 1 fully saturated rings. The van der Waals surface area contributed by atoms with Crippen molar-refractivity contribution in [2.75, 3.05) is 18.0 Å². The summed E-state index contributed by atoms with van der Waals surface area (Å²) < 4.78 is 5.30. The van der Waals surface area contributed by atoms with Crippen LogP contribution in [-0.4, -0.2) is 23.2 Å². The van der Waals surface area contributed by atoms with Crippen molar-refractivity contribution in [3.63, 3.8) is 0 Å². The maximum atomic E-state index is 5.30. The number of rotatable bonds is 2. The second-order valence-electron chi connectivity index (χ2n) is 3.93. The molecule has 0 amide bonds. The zero-order chi connectivity index (χ0) is 10.8. The first-order chi connectivity index (χ1) is 7.93. The Labute approximate surface area is 97.9 Å². The molecule has 84 valence electrons. The first kappa shape index (κ1) is 9.84. The van der Waals surface area contributed by atoms with Gasteiger partial charge in [-0.15, -0.1) is 11.3 Å². The molecule has 0 bridgehead atoms. The minimum Gasteiger partial charge on any atom is -0.324 e. The predicted molar refractivity (Wildman–Crippen MR) is 63.7 cm³/mol. The van der Waals surface area contributed by atoms with Crippen molar-refractivity contribution < 1.29 is 4.52 Å². The summed E-state index contributed by atoms with van der Waals surface area (Å²) in [5, 5.41) is 6.04.